The fraction of sp³-hybridized carbons (Fsp3) is 0.579. The summed E-state index contributed by atoms with van der Waals surface area (Å²) < 4.78 is 5.50. The topological polar surface area (TPSA) is 109 Å². The normalized spacial score (nSPS) is 16.7. The lowest BCUT2D eigenvalue weighted by Gasteiger charge is -2.36. The van der Waals surface area contributed by atoms with Crippen molar-refractivity contribution < 1.29 is 14.3 Å². The summed E-state index contributed by atoms with van der Waals surface area (Å²) in [5.74, 6) is -0.464. The SMILES string of the molecule is CNCCCOCNCc1cc(CNC(=O)C2CCN2C)cc(C(N)=O)c1. The quantitative estimate of drug-likeness (QED) is 0.296. The molecule has 150 valence electrons. The number of ether oxygens (including phenoxy) is 1. The number of nitrogens with one attached hydrogen (secondary N) is 3. The van der Waals surface area contributed by atoms with E-state index in [1.807, 2.05) is 25.1 Å². The Balaban J connectivity index is 1.85. The summed E-state index contributed by atoms with van der Waals surface area (Å²) >= 11 is 0. The Morgan fingerprint density at radius 2 is 2.00 bits per heavy atom. The fourth-order valence-corrected chi connectivity index (χ4v) is 2.95. The van der Waals surface area contributed by atoms with Crippen LogP contribution in [-0.2, 0) is 22.6 Å². The lowest BCUT2D eigenvalue weighted by molar-refractivity contribution is -0.129. The van der Waals surface area contributed by atoms with Crippen LogP contribution in [0.2, 0.25) is 0 Å². The number of amides is 2. The lowest BCUT2D eigenvalue weighted by atomic mass is 10.0. The summed E-state index contributed by atoms with van der Waals surface area (Å²) in [5, 5.41) is 9.19. The maximum atomic E-state index is 12.2. The first-order valence-electron chi connectivity index (χ1n) is 9.35. The maximum absolute atomic E-state index is 12.2. The van der Waals surface area contributed by atoms with Gasteiger partial charge in [-0.05, 0) is 56.7 Å². The van der Waals surface area contributed by atoms with Crippen LogP contribution in [0.5, 0.6) is 0 Å². The van der Waals surface area contributed by atoms with Gasteiger partial charge in [0.2, 0.25) is 11.8 Å². The second kappa shape index (κ2) is 11.0. The van der Waals surface area contributed by atoms with E-state index in [4.69, 9.17) is 10.5 Å². The molecule has 1 saturated heterocycles. The second-order valence-electron chi connectivity index (χ2n) is 6.84. The van der Waals surface area contributed by atoms with Crippen molar-refractivity contribution in [3.05, 3.63) is 34.9 Å². The van der Waals surface area contributed by atoms with Gasteiger partial charge in [0.25, 0.3) is 0 Å². The first-order chi connectivity index (χ1) is 13.0. The number of carbonyl (C=O) groups excluding carboxylic acids is 2. The zero-order valence-corrected chi connectivity index (χ0v) is 16.2. The van der Waals surface area contributed by atoms with Crippen molar-refractivity contribution in [2.24, 2.45) is 5.73 Å². The van der Waals surface area contributed by atoms with E-state index in [0.29, 0.717) is 32.0 Å². The monoisotopic (exact) mass is 377 g/mol. The van der Waals surface area contributed by atoms with Crippen molar-refractivity contribution in [2.75, 3.05) is 40.5 Å². The second-order valence-corrected chi connectivity index (χ2v) is 6.84. The van der Waals surface area contributed by atoms with Crippen LogP contribution in [0.3, 0.4) is 0 Å². The molecule has 0 spiro atoms. The highest BCUT2D eigenvalue weighted by Crippen LogP contribution is 2.15. The van der Waals surface area contributed by atoms with Crippen LogP contribution in [0, 0.1) is 0 Å². The van der Waals surface area contributed by atoms with Gasteiger partial charge in [-0.1, -0.05) is 6.07 Å². The van der Waals surface area contributed by atoms with E-state index < -0.39 is 5.91 Å². The van der Waals surface area contributed by atoms with E-state index in [1.54, 1.807) is 12.1 Å². The maximum Gasteiger partial charge on any atom is 0.248 e. The van der Waals surface area contributed by atoms with Crippen LogP contribution < -0.4 is 21.7 Å². The first kappa shape index (κ1) is 21.3. The molecule has 1 aliphatic heterocycles. The van der Waals surface area contributed by atoms with Crippen LogP contribution in [0.25, 0.3) is 0 Å². The van der Waals surface area contributed by atoms with Gasteiger partial charge in [0.1, 0.15) is 0 Å². The van der Waals surface area contributed by atoms with E-state index in [2.05, 4.69) is 16.0 Å². The highest BCUT2D eigenvalue weighted by molar-refractivity contribution is 5.93. The average molecular weight is 377 g/mol. The standard InChI is InChI=1S/C19H31N5O3/c1-21-5-3-7-27-13-22-11-14-8-15(10-16(9-14)18(20)25)12-23-19(26)17-4-6-24(17)2/h8-10,17,21-22H,3-7,11-13H2,1-2H3,(H2,20,25)(H,23,26). The number of nitrogens with two attached hydrogens (primary N) is 1. The van der Waals surface area contributed by atoms with Gasteiger partial charge in [-0.3, -0.25) is 19.8 Å². The summed E-state index contributed by atoms with van der Waals surface area (Å²) in [5.41, 5.74) is 7.66. The van der Waals surface area contributed by atoms with Crippen LogP contribution in [-0.4, -0.2) is 63.3 Å². The molecule has 0 aliphatic carbocycles. The molecule has 1 aromatic rings. The molecule has 27 heavy (non-hydrogen) atoms. The largest absolute Gasteiger partial charge is 0.366 e. The molecule has 5 N–H and O–H groups in total. The molecule has 1 atom stereocenters. The summed E-state index contributed by atoms with van der Waals surface area (Å²) in [6, 6.07) is 5.41. The average Bonchev–Trinajstić information content (AvgIpc) is 2.64. The Hall–Kier alpha value is -2.00. The van der Waals surface area contributed by atoms with Crippen molar-refractivity contribution in [1.29, 1.82) is 0 Å². The van der Waals surface area contributed by atoms with Crippen LogP contribution in [0.15, 0.2) is 18.2 Å². The molecule has 1 aromatic carbocycles. The van der Waals surface area contributed by atoms with E-state index in [9.17, 15) is 9.59 Å². The number of hydrogen-bond acceptors (Lipinski definition) is 6. The van der Waals surface area contributed by atoms with E-state index >= 15 is 0 Å². The number of benzene rings is 1. The Labute approximate surface area is 160 Å². The first-order valence-corrected chi connectivity index (χ1v) is 9.35. The third-order valence-corrected chi connectivity index (χ3v) is 4.64. The molecular weight excluding hydrogens is 346 g/mol. The minimum absolute atomic E-state index is 0.0165. The van der Waals surface area contributed by atoms with Crippen LogP contribution in [0.1, 0.15) is 34.3 Å². The predicted molar refractivity (Wildman–Crippen MR) is 104 cm³/mol. The number of nitrogens with zero attached hydrogens (tertiary/aromatic N) is 1. The zero-order valence-electron chi connectivity index (χ0n) is 16.2. The van der Waals surface area contributed by atoms with Gasteiger partial charge in [0, 0.05) is 31.8 Å². The van der Waals surface area contributed by atoms with Crippen molar-refractivity contribution in [2.45, 2.75) is 32.0 Å². The van der Waals surface area contributed by atoms with E-state index in [1.165, 1.54) is 0 Å². The van der Waals surface area contributed by atoms with Crippen LogP contribution in [0.4, 0.5) is 0 Å². The number of primary amides is 1. The summed E-state index contributed by atoms with van der Waals surface area (Å²) in [6.45, 7) is 3.92. The predicted octanol–water partition coefficient (Wildman–Crippen LogP) is -0.221. The molecule has 1 unspecified atom stereocenters. The van der Waals surface area contributed by atoms with Gasteiger partial charge in [-0.15, -0.1) is 0 Å². The van der Waals surface area contributed by atoms with Crippen molar-refractivity contribution in [3.63, 3.8) is 0 Å². The number of hydrogen-bond donors (Lipinski definition) is 4. The van der Waals surface area contributed by atoms with Gasteiger partial charge < -0.3 is 21.1 Å². The van der Waals surface area contributed by atoms with Crippen molar-refractivity contribution in [1.82, 2.24) is 20.9 Å². The number of carbonyl (C=O) groups is 2. The Morgan fingerprint density at radius 1 is 1.26 bits per heavy atom. The molecule has 8 nitrogen and oxygen atoms in total. The molecule has 1 heterocycles. The van der Waals surface area contributed by atoms with Gasteiger partial charge in [0.15, 0.2) is 0 Å². The van der Waals surface area contributed by atoms with E-state index in [-0.39, 0.29) is 11.9 Å². The highest BCUT2D eigenvalue weighted by Gasteiger charge is 2.30. The summed E-state index contributed by atoms with van der Waals surface area (Å²) in [4.78, 5) is 25.8. The summed E-state index contributed by atoms with van der Waals surface area (Å²) in [6.07, 6.45) is 1.84. The smallest absolute Gasteiger partial charge is 0.248 e. The third-order valence-electron chi connectivity index (χ3n) is 4.64. The Bertz CT molecular complexity index is 638. The highest BCUT2D eigenvalue weighted by atomic mass is 16.5. The Kier molecular flexibility index (Phi) is 8.66. The van der Waals surface area contributed by atoms with Crippen LogP contribution >= 0.6 is 0 Å². The zero-order chi connectivity index (χ0) is 19.6. The molecule has 2 amide bonds. The molecule has 8 heteroatoms. The van der Waals surface area contributed by atoms with Gasteiger partial charge in [0.05, 0.1) is 12.8 Å². The van der Waals surface area contributed by atoms with Gasteiger partial charge in [-0.2, -0.15) is 0 Å². The molecule has 0 radical (unpaired) electrons. The van der Waals surface area contributed by atoms with Crippen molar-refractivity contribution >= 4 is 11.8 Å². The lowest BCUT2D eigenvalue weighted by Crippen LogP contribution is -2.53. The molecule has 0 saturated carbocycles. The Morgan fingerprint density at radius 3 is 2.59 bits per heavy atom. The van der Waals surface area contributed by atoms with E-state index in [0.717, 1.165) is 37.1 Å². The fourth-order valence-electron chi connectivity index (χ4n) is 2.95. The molecule has 0 aromatic heterocycles. The molecule has 0 bridgehead atoms. The molecule has 1 aliphatic rings. The van der Waals surface area contributed by atoms with Gasteiger partial charge in [-0.25, -0.2) is 0 Å². The number of likely N-dealkylation sites (tertiary alicyclic amines) is 1. The number of rotatable bonds is 12. The number of likely N-dealkylation sites (N-methyl/N-ethyl adjacent to an activating group) is 1. The minimum Gasteiger partial charge on any atom is -0.366 e. The minimum atomic E-state index is -0.480. The van der Waals surface area contributed by atoms with Crippen molar-refractivity contribution in [3.8, 4) is 0 Å². The molecule has 1 fully saturated rings. The third kappa shape index (κ3) is 6.91. The van der Waals surface area contributed by atoms with Gasteiger partial charge >= 0.3 is 0 Å². The molecule has 2 rings (SSSR count). The molecular formula is C19H31N5O3. The summed E-state index contributed by atoms with van der Waals surface area (Å²) in [7, 11) is 3.85.